The fourth-order valence-electron chi connectivity index (χ4n) is 1.33. The number of carbonyl (C=O) groups excluding carboxylic acids is 1. The van der Waals surface area contributed by atoms with Gasteiger partial charge >= 0.3 is 0 Å². The third-order valence-corrected chi connectivity index (χ3v) is 2.66. The zero-order chi connectivity index (χ0) is 14.8. The summed E-state index contributed by atoms with van der Waals surface area (Å²) in [5, 5.41) is 13.5. The van der Waals surface area contributed by atoms with Crippen LogP contribution < -0.4 is 11.1 Å². The number of nitrogens with one attached hydrogen (secondary N) is 1. The first kappa shape index (κ1) is 15.2. The van der Waals surface area contributed by atoms with Crippen LogP contribution in [0.25, 0.3) is 0 Å². The van der Waals surface area contributed by atoms with E-state index in [1.165, 1.54) is 6.07 Å². The van der Waals surface area contributed by atoms with Crippen LogP contribution in [0.5, 0.6) is 0 Å². The molecule has 0 heterocycles. The molecule has 3 N–H and O–H groups in total. The number of nitrogens with two attached hydrogens (primary N) is 1. The molecule has 0 aliphatic carbocycles. The fraction of sp³-hybridized carbons (Fsp3) is 0.417. The van der Waals surface area contributed by atoms with Crippen LogP contribution in [-0.4, -0.2) is 17.4 Å². The molecule has 0 bridgehead atoms. The smallest absolute Gasteiger partial charge is 0.294 e. The third-order valence-electron chi connectivity index (χ3n) is 2.35. The highest BCUT2D eigenvalue weighted by atomic mass is 35.5. The molecule has 1 aromatic carbocycles. The largest absolute Gasteiger partial charge is 0.392 e. The summed E-state index contributed by atoms with van der Waals surface area (Å²) >= 11 is 5.79. The van der Waals surface area contributed by atoms with Gasteiger partial charge in [0.25, 0.3) is 11.6 Å². The van der Waals surface area contributed by atoms with Crippen molar-refractivity contribution >= 4 is 28.9 Å². The number of benzene rings is 1. The lowest BCUT2D eigenvalue weighted by atomic mass is 9.97. The lowest BCUT2D eigenvalue weighted by molar-refractivity contribution is -0.383. The summed E-state index contributed by atoms with van der Waals surface area (Å²) in [5.74, 6) is -0.417. The molecule has 7 heteroatoms. The van der Waals surface area contributed by atoms with E-state index in [2.05, 4.69) is 5.32 Å². The Hall–Kier alpha value is -1.82. The predicted octanol–water partition coefficient (Wildman–Crippen LogP) is 2.61. The van der Waals surface area contributed by atoms with Crippen LogP contribution in [0.1, 0.15) is 31.1 Å². The van der Waals surface area contributed by atoms with Crippen molar-refractivity contribution in [3.05, 3.63) is 32.8 Å². The van der Waals surface area contributed by atoms with Gasteiger partial charge in [-0.15, -0.1) is 0 Å². The van der Waals surface area contributed by atoms with E-state index in [0.29, 0.717) is 6.54 Å². The molecule has 6 nitrogen and oxygen atoms in total. The fourth-order valence-corrected chi connectivity index (χ4v) is 1.55. The van der Waals surface area contributed by atoms with Crippen molar-refractivity contribution in [3.8, 4) is 0 Å². The minimum atomic E-state index is -0.665. The monoisotopic (exact) mass is 285 g/mol. The van der Waals surface area contributed by atoms with Crippen molar-refractivity contribution in [3.63, 3.8) is 0 Å². The van der Waals surface area contributed by atoms with Gasteiger partial charge in [-0.25, -0.2) is 0 Å². The van der Waals surface area contributed by atoms with Crippen LogP contribution in [-0.2, 0) is 0 Å². The van der Waals surface area contributed by atoms with E-state index in [1.807, 2.05) is 20.8 Å². The number of nitro groups is 1. The second-order valence-corrected chi connectivity index (χ2v) is 5.80. The Morgan fingerprint density at radius 2 is 2.05 bits per heavy atom. The first-order chi connectivity index (χ1) is 8.61. The van der Waals surface area contributed by atoms with Crippen LogP contribution in [0.15, 0.2) is 12.1 Å². The molecule has 0 spiro atoms. The molecule has 104 valence electrons. The van der Waals surface area contributed by atoms with Crippen molar-refractivity contribution < 1.29 is 9.72 Å². The maximum absolute atomic E-state index is 11.9. The van der Waals surface area contributed by atoms with Crippen LogP contribution in [0.3, 0.4) is 0 Å². The zero-order valence-corrected chi connectivity index (χ0v) is 11.7. The number of carbonyl (C=O) groups is 1. The Labute approximate surface area is 116 Å². The molecule has 0 fully saturated rings. The average Bonchev–Trinajstić information content (AvgIpc) is 2.28. The van der Waals surface area contributed by atoms with Crippen molar-refractivity contribution in [1.29, 1.82) is 0 Å². The maximum Gasteiger partial charge on any atom is 0.294 e. The Bertz CT molecular complexity index is 524. The van der Waals surface area contributed by atoms with Gasteiger partial charge in [-0.2, -0.15) is 0 Å². The minimum absolute atomic E-state index is 0.00453. The summed E-state index contributed by atoms with van der Waals surface area (Å²) in [6, 6.07) is 2.45. The first-order valence-corrected chi connectivity index (χ1v) is 6.01. The van der Waals surface area contributed by atoms with E-state index in [1.54, 1.807) is 0 Å². The number of nitro benzene ring substituents is 1. The molecule has 0 unspecified atom stereocenters. The molecule has 0 saturated carbocycles. The molecule has 0 aliphatic rings. The summed E-state index contributed by atoms with van der Waals surface area (Å²) in [6.45, 7) is 6.34. The van der Waals surface area contributed by atoms with Crippen LogP contribution in [0, 0.1) is 15.5 Å². The van der Waals surface area contributed by atoms with E-state index in [9.17, 15) is 14.9 Å². The molecule has 0 aliphatic heterocycles. The van der Waals surface area contributed by atoms with Crippen molar-refractivity contribution in [2.24, 2.45) is 5.41 Å². The highest BCUT2D eigenvalue weighted by Crippen LogP contribution is 2.30. The summed E-state index contributed by atoms with van der Waals surface area (Å²) in [7, 11) is 0. The van der Waals surface area contributed by atoms with E-state index in [4.69, 9.17) is 17.3 Å². The van der Waals surface area contributed by atoms with Gasteiger partial charge in [0.05, 0.1) is 9.95 Å². The molecule has 0 radical (unpaired) electrons. The van der Waals surface area contributed by atoms with Crippen LogP contribution in [0.2, 0.25) is 5.02 Å². The average molecular weight is 286 g/mol. The predicted molar refractivity (Wildman–Crippen MR) is 74.3 cm³/mol. The molecule has 19 heavy (non-hydrogen) atoms. The number of hydrogen-bond acceptors (Lipinski definition) is 4. The van der Waals surface area contributed by atoms with Crippen molar-refractivity contribution in [1.82, 2.24) is 5.32 Å². The van der Waals surface area contributed by atoms with Gasteiger partial charge in [0.2, 0.25) is 0 Å². The quantitative estimate of drug-likeness (QED) is 0.506. The van der Waals surface area contributed by atoms with Gasteiger partial charge in [-0.1, -0.05) is 32.4 Å². The standard InChI is InChI=1S/C12H16ClN3O3/c1-12(2,3)6-15-11(17)7-4-8(13)10(14)9(5-7)16(18)19/h4-5H,6,14H2,1-3H3,(H,15,17). The van der Waals surface area contributed by atoms with Crippen LogP contribution >= 0.6 is 11.6 Å². The summed E-state index contributed by atoms with van der Waals surface area (Å²) in [5.41, 5.74) is 5.02. The number of amides is 1. The number of anilines is 1. The lowest BCUT2D eigenvalue weighted by Crippen LogP contribution is -2.32. The zero-order valence-electron chi connectivity index (χ0n) is 11.0. The van der Waals surface area contributed by atoms with E-state index < -0.39 is 10.8 Å². The Morgan fingerprint density at radius 1 is 1.47 bits per heavy atom. The van der Waals surface area contributed by atoms with Crippen molar-refractivity contribution in [2.75, 3.05) is 12.3 Å². The molecule has 0 aromatic heterocycles. The summed E-state index contributed by atoms with van der Waals surface area (Å²) < 4.78 is 0. The second kappa shape index (κ2) is 5.44. The van der Waals surface area contributed by atoms with Crippen LogP contribution in [0.4, 0.5) is 11.4 Å². The Kier molecular flexibility index (Phi) is 4.36. The van der Waals surface area contributed by atoms with Gasteiger partial charge < -0.3 is 11.1 Å². The third kappa shape index (κ3) is 4.10. The number of hydrogen-bond donors (Lipinski definition) is 2. The number of nitrogens with zero attached hydrogens (tertiary/aromatic N) is 1. The SMILES string of the molecule is CC(C)(C)CNC(=O)c1cc(Cl)c(N)c([N+](=O)[O-])c1. The summed E-state index contributed by atoms with van der Waals surface area (Å²) in [6.07, 6.45) is 0. The molecule has 0 atom stereocenters. The van der Waals surface area contributed by atoms with Gasteiger partial charge in [0.1, 0.15) is 5.69 Å². The highest BCUT2D eigenvalue weighted by molar-refractivity contribution is 6.34. The Balaban J connectivity index is 3.02. The van der Waals surface area contributed by atoms with Gasteiger partial charge in [-0.05, 0) is 11.5 Å². The van der Waals surface area contributed by atoms with Gasteiger partial charge in [0.15, 0.2) is 0 Å². The second-order valence-electron chi connectivity index (χ2n) is 5.39. The molecular formula is C12H16ClN3O3. The molecule has 1 aromatic rings. The normalized spacial score (nSPS) is 11.2. The molecular weight excluding hydrogens is 270 g/mol. The van der Waals surface area contributed by atoms with Crippen molar-refractivity contribution in [2.45, 2.75) is 20.8 Å². The Morgan fingerprint density at radius 3 is 2.53 bits per heavy atom. The van der Waals surface area contributed by atoms with Gasteiger partial charge in [0, 0.05) is 18.2 Å². The first-order valence-electron chi connectivity index (χ1n) is 5.63. The number of halogens is 1. The number of nitrogen functional groups attached to an aromatic ring is 1. The molecule has 1 amide bonds. The molecule has 0 saturated heterocycles. The summed E-state index contributed by atoms with van der Waals surface area (Å²) in [4.78, 5) is 22.0. The lowest BCUT2D eigenvalue weighted by Gasteiger charge is -2.18. The minimum Gasteiger partial charge on any atom is -0.392 e. The highest BCUT2D eigenvalue weighted by Gasteiger charge is 2.20. The van der Waals surface area contributed by atoms with E-state index >= 15 is 0 Å². The number of rotatable bonds is 3. The molecule has 1 rings (SSSR count). The maximum atomic E-state index is 11.9. The van der Waals surface area contributed by atoms with E-state index in [0.717, 1.165) is 6.07 Å². The van der Waals surface area contributed by atoms with E-state index in [-0.39, 0.29) is 27.4 Å². The van der Waals surface area contributed by atoms with Gasteiger partial charge in [-0.3, -0.25) is 14.9 Å². The topological polar surface area (TPSA) is 98.3 Å².